The summed E-state index contributed by atoms with van der Waals surface area (Å²) in [6.45, 7) is 4.92. The molecule has 9 nitrogen and oxygen atoms in total. The first-order valence-electron chi connectivity index (χ1n) is 7.93. The molecular weight excluding hydrogens is 326 g/mol. The van der Waals surface area contributed by atoms with E-state index in [4.69, 9.17) is 9.26 Å². The summed E-state index contributed by atoms with van der Waals surface area (Å²) in [5.41, 5.74) is 1.28. The van der Waals surface area contributed by atoms with Crippen molar-refractivity contribution in [3.05, 3.63) is 41.3 Å². The number of nitrogens with one attached hydrogen (secondary N) is 1. The summed E-state index contributed by atoms with van der Waals surface area (Å²) in [5, 5.41) is 6.40. The Morgan fingerprint density at radius 2 is 2.28 bits per heavy atom. The van der Waals surface area contributed by atoms with Crippen molar-refractivity contribution in [3.63, 3.8) is 0 Å². The Balaban J connectivity index is 1.63. The number of hydrogen-bond donors (Lipinski definition) is 1. The standard InChI is InChI=1S/C16H19N5O4/c1-10-7-13(25-20-10)16(23)18-8-12-3-4-17-15(19-12)14-9-21(11(2)22)5-6-24-14/h3-4,7,14H,5-6,8-9H2,1-2H3,(H,18,23)/t14-/m1/s1. The largest absolute Gasteiger partial charge is 0.367 e. The van der Waals surface area contributed by atoms with Crippen LogP contribution in [0.1, 0.15) is 40.8 Å². The lowest BCUT2D eigenvalue weighted by molar-refractivity contribution is -0.136. The molecule has 3 heterocycles. The van der Waals surface area contributed by atoms with Crippen molar-refractivity contribution in [1.29, 1.82) is 0 Å². The molecule has 2 aromatic rings. The lowest BCUT2D eigenvalue weighted by Crippen LogP contribution is -2.41. The molecule has 2 amide bonds. The second-order valence-electron chi connectivity index (χ2n) is 5.75. The van der Waals surface area contributed by atoms with Gasteiger partial charge in [-0.05, 0) is 13.0 Å². The lowest BCUT2D eigenvalue weighted by atomic mass is 10.2. The molecule has 1 aliphatic heterocycles. The van der Waals surface area contributed by atoms with Gasteiger partial charge in [0.05, 0.1) is 31.1 Å². The van der Waals surface area contributed by atoms with E-state index < -0.39 is 0 Å². The van der Waals surface area contributed by atoms with E-state index in [2.05, 4.69) is 20.4 Å². The fourth-order valence-electron chi connectivity index (χ4n) is 2.49. The SMILES string of the molecule is CC(=O)N1CCO[C@@H](c2nccc(CNC(=O)c3cc(C)no3)n2)C1. The second-order valence-corrected chi connectivity index (χ2v) is 5.75. The first kappa shape index (κ1) is 17.0. The third-order valence-corrected chi connectivity index (χ3v) is 3.81. The molecular formula is C16H19N5O4. The van der Waals surface area contributed by atoms with Crippen LogP contribution >= 0.6 is 0 Å². The topological polar surface area (TPSA) is 110 Å². The minimum Gasteiger partial charge on any atom is -0.367 e. The van der Waals surface area contributed by atoms with Crippen LogP contribution in [0.3, 0.4) is 0 Å². The van der Waals surface area contributed by atoms with Crippen LogP contribution in [0.15, 0.2) is 22.9 Å². The number of amides is 2. The highest BCUT2D eigenvalue weighted by atomic mass is 16.5. The van der Waals surface area contributed by atoms with Crippen LogP contribution < -0.4 is 5.32 Å². The second kappa shape index (κ2) is 7.39. The number of aromatic nitrogens is 3. The van der Waals surface area contributed by atoms with Crippen molar-refractivity contribution < 1.29 is 18.8 Å². The predicted molar refractivity (Wildman–Crippen MR) is 85.4 cm³/mol. The fraction of sp³-hybridized carbons (Fsp3) is 0.438. The van der Waals surface area contributed by atoms with E-state index >= 15 is 0 Å². The molecule has 0 spiro atoms. The molecule has 25 heavy (non-hydrogen) atoms. The van der Waals surface area contributed by atoms with Crippen molar-refractivity contribution in [3.8, 4) is 0 Å². The molecule has 0 bridgehead atoms. The average Bonchev–Trinajstić information content (AvgIpc) is 3.06. The van der Waals surface area contributed by atoms with Gasteiger partial charge in [-0.25, -0.2) is 9.97 Å². The number of ether oxygens (including phenoxy) is 1. The van der Waals surface area contributed by atoms with Gasteiger partial charge < -0.3 is 19.5 Å². The van der Waals surface area contributed by atoms with Crippen LogP contribution in [0.25, 0.3) is 0 Å². The van der Waals surface area contributed by atoms with Crippen molar-refractivity contribution >= 4 is 11.8 Å². The quantitative estimate of drug-likeness (QED) is 0.865. The van der Waals surface area contributed by atoms with Gasteiger partial charge in [-0.2, -0.15) is 0 Å². The molecule has 3 rings (SSSR count). The van der Waals surface area contributed by atoms with Crippen molar-refractivity contribution in [2.24, 2.45) is 0 Å². The first-order valence-corrected chi connectivity index (χ1v) is 7.93. The Kier molecular flexibility index (Phi) is 5.03. The van der Waals surface area contributed by atoms with Gasteiger partial charge in [0.2, 0.25) is 11.7 Å². The molecule has 0 aromatic carbocycles. The Labute approximate surface area is 144 Å². The van der Waals surface area contributed by atoms with E-state index in [0.717, 1.165) is 0 Å². The Hall–Kier alpha value is -2.81. The van der Waals surface area contributed by atoms with Gasteiger partial charge in [-0.15, -0.1) is 0 Å². The Morgan fingerprint density at radius 1 is 1.44 bits per heavy atom. The average molecular weight is 345 g/mol. The Morgan fingerprint density at radius 3 is 3.00 bits per heavy atom. The summed E-state index contributed by atoms with van der Waals surface area (Å²) in [5.74, 6) is 0.282. The van der Waals surface area contributed by atoms with Crippen molar-refractivity contribution in [2.45, 2.75) is 26.5 Å². The maximum atomic E-state index is 12.0. The summed E-state index contributed by atoms with van der Waals surface area (Å²) in [6, 6.07) is 3.27. The number of carbonyl (C=O) groups is 2. The summed E-state index contributed by atoms with van der Waals surface area (Å²) >= 11 is 0. The summed E-state index contributed by atoms with van der Waals surface area (Å²) < 4.78 is 10.6. The third kappa shape index (κ3) is 4.18. The van der Waals surface area contributed by atoms with E-state index in [1.807, 2.05) is 0 Å². The van der Waals surface area contributed by atoms with Gasteiger partial charge in [0, 0.05) is 25.7 Å². The molecule has 132 valence electrons. The van der Waals surface area contributed by atoms with Gasteiger partial charge in [0.15, 0.2) is 5.82 Å². The summed E-state index contributed by atoms with van der Waals surface area (Å²) in [4.78, 5) is 33.9. The predicted octanol–water partition coefficient (Wildman–Crippen LogP) is 0.623. The molecule has 0 saturated carbocycles. The van der Waals surface area contributed by atoms with Gasteiger partial charge in [-0.3, -0.25) is 9.59 Å². The molecule has 2 aromatic heterocycles. The fourth-order valence-corrected chi connectivity index (χ4v) is 2.49. The van der Waals surface area contributed by atoms with Crippen LogP contribution in [0.5, 0.6) is 0 Å². The van der Waals surface area contributed by atoms with E-state index in [1.54, 1.807) is 30.2 Å². The molecule has 1 N–H and O–H groups in total. The van der Waals surface area contributed by atoms with Crippen LogP contribution in [-0.2, 0) is 16.1 Å². The van der Waals surface area contributed by atoms with Crippen LogP contribution in [0, 0.1) is 6.92 Å². The zero-order valence-corrected chi connectivity index (χ0v) is 14.1. The van der Waals surface area contributed by atoms with Crippen molar-refractivity contribution in [2.75, 3.05) is 19.7 Å². The van der Waals surface area contributed by atoms with Gasteiger partial charge >= 0.3 is 0 Å². The van der Waals surface area contributed by atoms with E-state index in [0.29, 0.717) is 36.9 Å². The van der Waals surface area contributed by atoms with Gasteiger partial charge in [0.25, 0.3) is 5.91 Å². The number of aryl methyl sites for hydroxylation is 1. The Bertz CT molecular complexity index is 775. The lowest BCUT2D eigenvalue weighted by Gasteiger charge is -2.31. The van der Waals surface area contributed by atoms with E-state index in [-0.39, 0.29) is 30.2 Å². The molecule has 9 heteroatoms. The van der Waals surface area contributed by atoms with Gasteiger partial charge in [0.1, 0.15) is 6.10 Å². The molecule has 1 aliphatic rings. The van der Waals surface area contributed by atoms with Crippen LogP contribution in [0.2, 0.25) is 0 Å². The molecule has 0 unspecified atom stereocenters. The molecule has 1 fully saturated rings. The number of nitrogens with zero attached hydrogens (tertiary/aromatic N) is 4. The van der Waals surface area contributed by atoms with Crippen LogP contribution in [-0.4, -0.2) is 51.5 Å². The molecule has 0 aliphatic carbocycles. The monoisotopic (exact) mass is 345 g/mol. The van der Waals surface area contributed by atoms with Gasteiger partial charge in [-0.1, -0.05) is 5.16 Å². The highest BCUT2D eigenvalue weighted by Crippen LogP contribution is 2.19. The zero-order chi connectivity index (χ0) is 17.8. The number of carbonyl (C=O) groups excluding carboxylic acids is 2. The maximum Gasteiger partial charge on any atom is 0.290 e. The van der Waals surface area contributed by atoms with E-state index in [1.165, 1.54) is 6.92 Å². The zero-order valence-electron chi connectivity index (χ0n) is 14.1. The molecule has 0 radical (unpaired) electrons. The molecule has 1 saturated heterocycles. The first-order chi connectivity index (χ1) is 12.0. The number of morpholine rings is 1. The van der Waals surface area contributed by atoms with Crippen molar-refractivity contribution in [1.82, 2.24) is 25.3 Å². The molecule has 1 atom stereocenters. The highest BCUT2D eigenvalue weighted by molar-refractivity contribution is 5.91. The number of rotatable bonds is 4. The minimum atomic E-state index is -0.370. The highest BCUT2D eigenvalue weighted by Gasteiger charge is 2.25. The maximum absolute atomic E-state index is 12.0. The van der Waals surface area contributed by atoms with E-state index in [9.17, 15) is 9.59 Å². The third-order valence-electron chi connectivity index (χ3n) is 3.81. The smallest absolute Gasteiger partial charge is 0.290 e. The summed E-state index contributed by atoms with van der Waals surface area (Å²) in [6.07, 6.45) is 1.24. The van der Waals surface area contributed by atoms with Crippen LogP contribution in [0.4, 0.5) is 0 Å². The number of hydrogen-bond acceptors (Lipinski definition) is 7. The normalized spacial score (nSPS) is 17.4. The minimum absolute atomic E-state index is 0.000862. The summed E-state index contributed by atoms with van der Waals surface area (Å²) in [7, 11) is 0.